The second-order valence-electron chi connectivity index (χ2n) is 5.10. The van der Waals surface area contributed by atoms with Gasteiger partial charge in [-0.3, -0.25) is 4.99 Å². The standard InChI is InChI=1S/C19H17ClN2O/c1-23-19-10-4-15(5-11-19)13-21-14-18-3-2-12-22(18)17-8-6-16(20)7-9-17/h2-12,14H,13H2,1H3. The maximum absolute atomic E-state index is 5.94. The van der Waals surface area contributed by atoms with Gasteiger partial charge in [-0.05, 0) is 54.1 Å². The van der Waals surface area contributed by atoms with Crippen molar-refractivity contribution in [1.29, 1.82) is 0 Å². The molecule has 2 aromatic carbocycles. The van der Waals surface area contributed by atoms with Crippen LogP contribution in [0.25, 0.3) is 5.69 Å². The van der Waals surface area contributed by atoms with E-state index < -0.39 is 0 Å². The summed E-state index contributed by atoms with van der Waals surface area (Å²) in [6, 6.07) is 19.7. The molecule has 23 heavy (non-hydrogen) atoms. The lowest BCUT2D eigenvalue weighted by Gasteiger charge is -2.06. The van der Waals surface area contributed by atoms with Crippen molar-refractivity contribution in [1.82, 2.24) is 4.57 Å². The Kier molecular flexibility index (Phi) is 4.79. The first kappa shape index (κ1) is 15.4. The van der Waals surface area contributed by atoms with Crippen molar-refractivity contribution >= 4 is 17.8 Å². The summed E-state index contributed by atoms with van der Waals surface area (Å²) in [4.78, 5) is 4.53. The Balaban J connectivity index is 1.73. The number of aliphatic imine (C=N–C) groups is 1. The van der Waals surface area contributed by atoms with Gasteiger partial charge in [0.1, 0.15) is 5.75 Å². The van der Waals surface area contributed by atoms with Gasteiger partial charge < -0.3 is 9.30 Å². The van der Waals surface area contributed by atoms with Crippen molar-refractivity contribution in [3.05, 3.63) is 83.1 Å². The summed E-state index contributed by atoms with van der Waals surface area (Å²) in [5, 5.41) is 0.732. The normalized spacial score (nSPS) is 11.0. The molecule has 3 aromatic rings. The topological polar surface area (TPSA) is 26.5 Å². The van der Waals surface area contributed by atoms with Gasteiger partial charge in [0.05, 0.1) is 19.3 Å². The Hall–Kier alpha value is -2.52. The number of hydrogen-bond acceptors (Lipinski definition) is 2. The predicted molar refractivity (Wildman–Crippen MR) is 95.1 cm³/mol. The molecule has 0 aliphatic heterocycles. The molecule has 0 radical (unpaired) electrons. The molecule has 0 bridgehead atoms. The van der Waals surface area contributed by atoms with Gasteiger partial charge in [0, 0.05) is 23.1 Å². The van der Waals surface area contributed by atoms with Crippen molar-refractivity contribution in [3.8, 4) is 11.4 Å². The van der Waals surface area contributed by atoms with Crippen LogP contribution in [-0.2, 0) is 6.54 Å². The number of hydrogen-bond donors (Lipinski definition) is 0. The van der Waals surface area contributed by atoms with Crippen LogP contribution in [0.1, 0.15) is 11.3 Å². The van der Waals surface area contributed by atoms with Gasteiger partial charge >= 0.3 is 0 Å². The molecule has 0 spiro atoms. The Bertz CT molecular complexity index is 789. The highest BCUT2D eigenvalue weighted by Crippen LogP contribution is 2.16. The fraction of sp³-hybridized carbons (Fsp3) is 0.105. The molecule has 4 heteroatoms. The van der Waals surface area contributed by atoms with E-state index >= 15 is 0 Å². The minimum absolute atomic E-state index is 0.635. The first-order valence-electron chi connectivity index (χ1n) is 7.32. The molecule has 0 amide bonds. The molecule has 0 unspecified atom stereocenters. The minimum atomic E-state index is 0.635. The van der Waals surface area contributed by atoms with E-state index in [1.165, 1.54) is 0 Å². The molecule has 0 aliphatic carbocycles. The zero-order valence-corrected chi connectivity index (χ0v) is 13.6. The molecule has 0 saturated heterocycles. The van der Waals surface area contributed by atoms with Gasteiger partial charge in [-0.15, -0.1) is 0 Å². The van der Waals surface area contributed by atoms with E-state index in [-0.39, 0.29) is 0 Å². The quantitative estimate of drug-likeness (QED) is 0.622. The van der Waals surface area contributed by atoms with Crippen molar-refractivity contribution in [2.75, 3.05) is 7.11 Å². The van der Waals surface area contributed by atoms with E-state index in [1.807, 2.05) is 73.1 Å². The minimum Gasteiger partial charge on any atom is -0.497 e. The molecule has 0 atom stereocenters. The predicted octanol–water partition coefficient (Wildman–Crippen LogP) is 4.76. The number of methoxy groups -OCH3 is 1. The van der Waals surface area contributed by atoms with Gasteiger partial charge in [-0.25, -0.2) is 0 Å². The van der Waals surface area contributed by atoms with Crippen LogP contribution in [0.4, 0.5) is 0 Å². The average molecular weight is 325 g/mol. The van der Waals surface area contributed by atoms with E-state index in [0.717, 1.165) is 27.7 Å². The molecule has 3 nitrogen and oxygen atoms in total. The molecule has 116 valence electrons. The highest BCUT2D eigenvalue weighted by molar-refractivity contribution is 6.30. The van der Waals surface area contributed by atoms with Gasteiger partial charge in [0.25, 0.3) is 0 Å². The smallest absolute Gasteiger partial charge is 0.118 e. The number of halogens is 1. The van der Waals surface area contributed by atoms with E-state index in [0.29, 0.717) is 6.54 Å². The lowest BCUT2D eigenvalue weighted by atomic mass is 10.2. The third kappa shape index (κ3) is 3.82. The molecule has 0 N–H and O–H groups in total. The summed E-state index contributed by atoms with van der Waals surface area (Å²) < 4.78 is 7.23. The van der Waals surface area contributed by atoms with E-state index in [9.17, 15) is 0 Å². The number of nitrogens with zero attached hydrogens (tertiary/aromatic N) is 2. The third-order valence-electron chi connectivity index (χ3n) is 3.54. The van der Waals surface area contributed by atoms with Crippen LogP contribution in [0.5, 0.6) is 5.75 Å². The lowest BCUT2D eigenvalue weighted by molar-refractivity contribution is 0.414. The summed E-state index contributed by atoms with van der Waals surface area (Å²) in [6.45, 7) is 0.635. The maximum atomic E-state index is 5.94. The number of ether oxygens (including phenoxy) is 1. The fourth-order valence-electron chi connectivity index (χ4n) is 2.31. The van der Waals surface area contributed by atoms with Gasteiger partial charge in [-0.2, -0.15) is 0 Å². The van der Waals surface area contributed by atoms with Crippen LogP contribution in [0.3, 0.4) is 0 Å². The fourth-order valence-corrected chi connectivity index (χ4v) is 2.44. The first-order valence-corrected chi connectivity index (χ1v) is 7.70. The molecular weight excluding hydrogens is 308 g/mol. The number of benzene rings is 2. The SMILES string of the molecule is COc1ccc(CN=Cc2cccn2-c2ccc(Cl)cc2)cc1. The Morgan fingerprint density at radius 3 is 2.48 bits per heavy atom. The number of rotatable bonds is 5. The van der Waals surface area contributed by atoms with Gasteiger partial charge in [-0.1, -0.05) is 23.7 Å². The Morgan fingerprint density at radius 1 is 1.04 bits per heavy atom. The second-order valence-corrected chi connectivity index (χ2v) is 5.53. The molecule has 1 heterocycles. The van der Waals surface area contributed by atoms with Gasteiger partial charge in [0.2, 0.25) is 0 Å². The average Bonchev–Trinajstić information content (AvgIpc) is 3.05. The summed E-state index contributed by atoms with van der Waals surface area (Å²) in [6.07, 6.45) is 3.90. The van der Waals surface area contributed by atoms with Crippen LogP contribution >= 0.6 is 11.6 Å². The van der Waals surface area contributed by atoms with Crippen molar-refractivity contribution < 1.29 is 4.74 Å². The van der Waals surface area contributed by atoms with Crippen LogP contribution in [0.2, 0.25) is 5.02 Å². The molecule has 1 aromatic heterocycles. The molecule has 3 rings (SSSR count). The van der Waals surface area contributed by atoms with E-state index in [2.05, 4.69) is 9.56 Å². The summed E-state index contributed by atoms with van der Waals surface area (Å²) >= 11 is 5.94. The Labute approximate surface area is 140 Å². The first-order chi connectivity index (χ1) is 11.3. The molecule has 0 fully saturated rings. The number of aromatic nitrogens is 1. The molecular formula is C19H17ClN2O. The van der Waals surface area contributed by atoms with E-state index in [4.69, 9.17) is 16.3 Å². The van der Waals surface area contributed by atoms with Crippen LogP contribution < -0.4 is 4.74 Å². The largest absolute Gasteiger partial charge is 0.497 e. The highest BCUT2D eigenvalue weighted by atomic mass is 35.5. The zero-order chi connectivity index (χ0) is 16.1. The van der Waals surface area contributed by atoms with Gasteiger partial charge in [0.15, 0.2) is 0 Å². The highest BCUT2D eigenvalue weighted by Gasteiger charge is 2.01. The summed E-state index contributed by atoms with van der Waals surface area (Å²) in [7, 11) is 1.66. The van der Waals surface area contributed by atoms with Crippen molar-refractivity contribution in [2.45, 2.75) is 6.54 Å². The van der Waals surface area contributed by atoms with Crippen LogP contribution in [-0.4, -0.2) is 17.9 Å². The maximum Gasteiger partial charge on any atom is 0.118 e. The summed E-state index contributed by atoms with van der Waals surface area (Å²) in [5.41, 5.74) is 3.23. The Morgan fingerprint density at radius 2 is 1.78 bits per heavy atom. The molecule has 0 saturated carbocycles. The molecule has 0 aliphatic rings. The van der Waals surface area contributed by atoms with Crippen molar-refractivity contribution in [3.63, 3.8) is 0 Å². The monoisotopic (exact) mass is 324 g/mol. The zero-order valence-electron chi connectivity index (χ0n) is 12.8. The lowest BCUT2D eigenvalue weighted by Crippen LogP contribution is -1.97. The van der Waals surface area contributed by atoms with E-state index in [1.54, 1.807) is 7.11 Å². The third-order valence-corrected chi connectivity index (χ3v) is 3.79. The van der Waals surface area contributed by atoms with Crippen LogP contribution in [0, 0.1) is 0 Å². The summed E-state index contributed by atoms with van der Waals surface area (Å²) in [5.74, 6) is 0.856. The van der Waals surface area contributed by atoms with Crippen molar-refractivity contribution in [2.24, 2.45) is 4.99 Å². The van der Waals surface area contributed by atoms with Crippen LogP contribution in [0.15, 0.2) is 71.9 Å². The second kappa shape index (κ2) is 7.16.